The predicted molar refractivity (Wildman–Crippen MR) is 85.3 cm³/mol. The van der Waals surface area contributed by atoms with Gasteiger partial charge in [-0.2, -0.15) is 5.26 Å². The molecule has 5 heteroatoms. The van der Waals surface area contributed by atoms with Crippen LogP contribution in [0.5, 0.6) is 0 Å². The first-order valence-corrected chi connectivity index (χ1v) is 6.94. The van der Waals surface area contributed by atoms with Crippen LogP contribution >= 0.6 is 0 Å². The molecule has 0 atom stereocenters. The van der Waals surface area contributed by atoms with Gasteiger partial charge in [-0.3, -0.25) is 4.79 Å². The Morgan fingerprint density at radius 3 is 2.83 bits per heavy atom. The summed E-state index contributed by atoms with van der Waals surface area (Å²) in [5.74, 6) is -0.703. The van der Waals surface area contributed by atoms with E-state index in [-0.39, 0.29) is 12.3 Å². The molecule has 2 aromatic carbocycles. The maximum atomic E-state index is 11.1. The average Bonchev–Trinajstić information content (AvgIpc) is 2.98. The summed E-state index contributed by atoms with van der Waals surface area (Å²) in [6.45, 7) is 0. The third kappa shape index (κ3) is 3.27. The fraction of sp³-hybridized carbons (Fsp3) is 0.0556. The van der Waals surface area contributed by atoms with E-state index in [0.29, 0.717) is 22.2 Å². The van der Waals surface area contributed by atoms with Gasteiger partial charge in [0.1, 0.15) is 5.52 Å². The number of carboxylic acid groups (broad SMARTS) is 1. The molecule has 0 spiro atoms. The summed E-state index contributed by atoms with van der Waals surface area (Å²) < 4.78 is 5.65. The Labute approximate surface area is 132 Å². The molecule has 0 saturated heterocycles. The Bertz CT molecular complexity index is 915. The quantitative estimate of drug-likeness (QED) is 0.793. The maximum Gasteiger partial charge on any atom is 0.308 e. The average molecular weight is 304 g/mol. The summed E-state index contributed by atoms with van der Waals surface area (Å²) in [7, 11) is 0. The Balaban J connectivity index is 2.08. The number of aliphatic carboxylic acids is 1. The van der Waals surface area contributed by atoms with E-state index in [9.17, 15) is 4.79 Å². The fourth-order valence-electron chi connectivity index (χ4n) is 2.26. The topological polar surface area (TPSA) is 87.1 Å². The third-order valence-electron chi connectivity index (χ3n) is 3.27. The zero-order chi connectivity index (χ0) is 16.2. The van der Waals surface area contributed by atoms with Gasteiger partial charge in [-0.25, -0.2) is 4.98 Å². The SMILES string of the molecule is N#Cc1cccc(/C=C(/CC(=O)O)c2nc3ccccc3o2)c1. The molecule has 112 valence electrons. The van der Waals surface area contributed by atoms with E-state index < -0.39 is 5.97 Å². The smallest absolute Gasteiger partial charge is 0.308 e. The van der Waals surface area contributed by atoms with Gasteiger partial charge < -0.3 is 9.52 Å². The van der Waals surface area contributed by atoms with Gasteiger partial charge in [0.15, 0.2) is 5.58 Å². The van der Waals surface area contributed by atoms with E-state index in [4.69, 9.17) is 14.8 Å². The molecule has 0 aliphatic carbocycles. The number of rotatable bonds is 4. The second-order valence-electron chi connectivity index (χ2n) is 4.96. The van der Waals surface area contributed by atoms with Gasteiger partial charge in [-0.15, -0.1) is 0 Å². The first-order valence-electron chi connectivity index (χ1n) is 6.94. The summed E-state index contributed by atoms with van der Waals surface area (Å²) in [6, 6.07) is 16.2. The molecule has 1 N–H and O–H groups in total. The van der Waals surface area contributed by atoms with Gasteiger partial charge in [0.25, 0.3) is 0 Å². The molecule has 23 heavy (non-hydrogen) atoms. The van der Waals surface area contributed by atoms with Crippen molar-refractivity contribution in [2.24, 2.45) is 0 Å². The molecule has 0 saturated carbocycles. The Morgan fingerprint density at radius 2 is 2.09 bits per heavy atom. The molecular weight excluding hydrogens is 292 g/mol. The van der Waals surface area contributed by atoms with Gasteiger partial charge in [0.05, 0.1) is 18.1 Å². The Morgan fingerprint density at radius 1 is 1.26 bits per heavy atom. The van der Waals surface area contributed by atoms with Gasteiger partial charge >= 0.3 is 5.97 Å². The maximum absolute atomic E-state index is 11.1. The third-order valence-corrected chi connectivity index (χ3v) is 3.27. The second-order valence-corrected chi connectivity index (χ2v) is 4.96. The van der Waals surface area contributed by atoms with Gasteiger partial charge in [0, 0.05) is 5.57 Å². The number of aromatic nitrogens is 1. The molecule has 5 nitrogen and oxygen atoms in total. The lowest BCUT2D eigenvalue weighted by Crippen LogP contribution is -1.97. The van der Waals surface area contributed by atoms with E-state index in [1.165, 1.54) is 0 Å². The monoisotopic (exact) mass is 304 g/mol. The van der Waals surface area contributed by atoms with Gasteiger partial charge in [-0.1, -0.05) is 24.3 Å². The number of nitrogens with zero attached hydrogens (tertiary/aromatic N) is 2. The lowest BCUT2D eigenvalue weighted by molar-refractivity contribution is -0.135. The molecule has 0 amide bonds. The number of benzene rings is 2. The summed E-state index contributed by atoms with van der Waals surface area (Å²) in [6.07, 6.45) is 1.46. The van der Waals surface area contributed by atoms with Crippen molar-refractivity contribution >= 4 is 28.7 Å². The van der Waals surface area contributed by atoms with Crippen molar-refractivity contribution in [3.8, 4) is 6.07 Å². The van der Waals surface area contributed by atoms with Crippen molar-refractivity contribution in [2.75, 3.05) is 0 Å². The van der Waals surface area contributed by atoms with Crippen LogP contribution in [0.3, 0.4) is 0 Å². The van der Waals surface area contributed by atoms with Crippen LogP contribution in [0, 0.1) is 11.3 Å². The lowest BCUT2D eigenvalue weighted by atomic mass is 10.1. The molecule has 3 aromatic rings. The van der Waals surface area contributed by atoms with E-state index in [2.05, 4.69) is 11.1 Å². The molecule has 0 unspecified atom stereocenters. The van der Waals surface area contributed by atoms with Gasteiger partial charge in [0.2, 0.25) is 5.89 Å². The fourth-order valence-corrected chi connectivity index (χ4v) is 2.26. The van der Waals surface area contributed by atoms with Crippen LogP contribution < -0.4 is 0 Å². The highest BCUT2D eigenvalue weighted by molar-refractivity contribution is 5.91. The molecule has 3 rings (SSSR count). The van der Waals surface area contributed by atoms with E-state index in [1.807, 2.05) is 12.1 Å². The highest BCUT2D eigenvalue weighted by atomic mass is 16.4. The number of nitriles is 1. The number of hydrogen-bond acceptors (Lipinski definition) is 4. The number of carbonyl (C=O) groups is 1. The van der Waals surface area contributed by atoms with Crippen LogP contribution in [0.4, 0.5) is 0 Å². The summed E-state index contributed by atoms with van der Waals surface area (Å²) in [5, 5.41) is 18.1. The molecule has 1 aromatic heterocycles. The number of para-hydroxylation sites is 2. The van der Waals surface area contributed by atoms with Crippen LogP contribution in [0.25, 0.3) is 22.7 Å². The summed E-state index contributed by atoms with van der Waals surface area (Å²) >= 11 is 0. The minimum absolute atomic E-state index is 0.219. The van der Waals surface area contributed by atoms with Crippen molar-refractivity contribution in [1.29, 1.82) is 5.26 Å². The molecule has 0 aliphatic rings. The van der Waals surface area contributed by atoms with Crippen LogP contribution in [-0.4, -0.2) is 16.1 Å². The van der Waals surface area contributed by atoms with Crippen molar-refractivity contribution in [3.05, 3.63) is 65.5 Å². The summed E-state index contributed by atoms with van der Waals surface area (Å²) in [4.78, 5) is 15.5. The number of carboxylic acids is 1. The summed E-state index contributed by atoms with van der Waals surface area (Å²) in [5.41, 5.74) is 2.95. The van der Waals surface area contributed by atoms with E-state index in [0.717, 1.165) is 5.56 Å². The van der Waals surface area contributed by atoms with Crippen LogP contribution in [0.15, 0.2) is 52.9 Å². The van der Waals surface area contributed by atoms with E-state index >= 15 is 0 Å². The minimum atomic E-state index is -0.977. The number of oxazole rings is 1. The van der Waals surface area contributed by atoms with Crippen molar-refractivity contribution < 1.29 is 14.3 Å². The molecule has 0 aliphatic heterocycles. The predicted octanol–water partition coefficient (Wildman–Crippen LogP) is 3.71. The standard InChI is InChI=1S/C18H12N2O3/c19-11-13-5-3-4-12(8-13)9-14(10-17(21)22)18-20-15-6-1-2-7-16(15)23-18/h1-9H,10H2,(H,21,22)/b14-9-. The first kappa shape index (κ1) is 14.5. The second kappa shape index (κ2) is 6.16. The zero-order valence-corrected chi connectivity index (χ0v) is 12.1. The zero-order valence-electron chi connectivity index (χ0n) is 12.1. The van der Waals surface area contributed by atoms with Crippen LogP contribution in [-0.2, 0) is 4.79 Å². The molecular formula is C18H12N2O3. The molecule has 1 heterocycles. The van der Waals surface area contributed by atoms with E-state index in [1.54, 1.807) is 42.5 Å². The van der Waals surface area contributed by atoms with Crippen LogP contribution in [0.1, 0.15) is 23.4 Å². The highest BCUT2D eigenvalue weighted by Crippen LogP contribution is 2.25. The molecule has 0 fully saturated rings. The largest absolute Gasteiger partial charge is 0.481 e. The van der Waals surface area contributed by atoms with Gasteiger partial charge in [-0.05, 0) is 35.9 Å². The van der Waals surface area contributed by atoms with Crippen LogP contribution in [0.2, 0.25) is 0 Å². The Hall–Kier alpha value is -3.39. The number of hydrogen-bond donors (Lipinski definition) is 1. The lowest BCUT2D eigenvalue weighted by Gasteiger charge is -2.01. The van der Waals surface area contributed by atoms with Crippen molar-refractivity contribution in [1.82, 2.24) is 4.98 Å². The molecule has 0 radical (unpaired) electrons. The normalized spacial score (nSPS) is 11.3. The van der Waals surface area contributed by atoms with Crippen molar-refractivity contribution in [3.63, 3.8) is 0 Å². The van der Waals surface area contributed by atoms with Crippen molar-refractivity contribution in [2.45, 2.75) is 6.42 Å². The molecule has 0 bridgehead atoms. The number of fused-ring (bicyclic) bond motifs is 1. The minimum Gasteiger partial charge on any atom is -0.481 e. The Kier molecular flexibility index (Phi) is 3.89. The first-order chi connectivity index (χ1) is 11.2. The highest BCUT2D eigenvalue weighted by Gasteiger charge is 2.14.